The van der Waals surface area contributed by atoms with E-state index in [0.717, 1.165) is 5.92 Å². The van der Waals surface area contributed by atoms with E-state index in [1.807, 2.05) is 5.57 Å². The minimum atomic E-state index is 0.172. The van der Waals surface area contributed by atoms with Crippen molar-refractivity contribution in [3.63, 3.8) is 0 Å². The molecule has 152 valence electrons. The Morgan fingerprint density at radius 3 is 2.86 bits per heavy atom. The van der Waals surface area contributed by atoms with Gasteiger partial charge in [-0.25, -0.2) is 0 Å². The molecule has 9 aliphatic rings. The first-order chi connectivity index (χ1) is 13.9. The molecule has 9 rings (SSSR count). The molecule has 3 saturated carbocycles. The summed E-state index contributed by atoms with van der Waals surface area (Å²) in [5, 5.41) is 0. The Hall–Kier alpha value is -1.08. The third kappa shape index (κ3) is 1.24. The van der Waals surface area contributed by atoms with Crippen LogP contribution in [0.5, 0.6) is 0 Å². The van der Waals surface area contributed by atoms with Gasteiger partial charge in [0.05, 0.1) is 5.54 Å². The van der Waals surface area contributed by atoms with Gasteiger partial charge in [0.25, 0.3) is 0 Å². The Morgan fingerprint density at radius 1 is 1.07 bits per heavy atom. The lowest BCUT2D eigenvalue weighted by Gasteiger charge is -2.67. The van der Waals surface area contributed by atoms with Crippen molar-refractivity contribution in [3.05, 3.63) is 47.1 Å². The molecule has 1 saturated heterocycles. The van der Waals surface area contributed by atoms with Gasteiger partial charge in [0.15, 0.2) is 0 Å². The van der Waals surface area contributed by atoms with Crippen LogP contribution >= 0.6 is 0 Å². The zero-order valence-corrected chi connectivity index (χ0v) is 18.5. The quantitative estimate of drug-likeness (QED) is 0.347. The van der Waals surface area contributed by atoms with E-state index in [9.17, 15) is 0 Å². The van der Waals surface area contributed by atoms with Crippen molar-refractivity contribution in [2.45, 2.75) is 89.6 Å². The predicted octanol–water partition coefficient (Wildman–Crippen LogP) is 6.34. The fourth-order valence-electron chi connectivity index (χ4n) is 11.4. The highest BCUT2D eigenvalue weighted by atomic mass is 15.4. The molecule has 0 aromatic heterocycles. The molecule has 4 fully saturated rings. The molecule has 8 unspecified atom stereocenters. The van der Waals surface area contributed by atoms with Gasteiger partial charge in [-0.1, -0.05) is 61.8 Å². The molecular formula is C28H35N. The van der Waals surface area contributed by atoms with Crippen molar-refractivity contribution in [1.29, 1.82) is 0 Å². The van der Waals surface area contributed by atoms with E-state index < -0.39 is 0 Å². The van der Waals surface area contributed by atoms with Crippen LogP contribution in [0, 0.1) is 27.6 Å². The van der Waals surface area contributed by atoms with Gasteiger partial charge in [-0.3, -0.25) is 4.90 Å². The lowest BCUT2D eigenvalue weighted by atomic mass is 9.39. The van der Waals surface area contributed by atoms with Crippen LogP contribution in [0.3, 0.4) is 0 Å². The second-order valence-electron chi connectivity index (χ2n) is 12.6. The zero-order valence-electron chi connectivity index (χ0n) is 18.5. The van der Waals surface area contributed by atoms with Gasteiger partial charge in [-0.2, -0.15) is 0 Å². The molecule has 8 atom stereocenters. The Bertz CT molecular complexity index is 1010. The largest absolute Gasteiger partial charge is 0.280 e. The molecule has 3 heterocycles. The molecule has 0 aromatic carbocycles. The molecule has 4 bridgehead atoms. The number of hydrogen-bond donors (Lipinski definition) is 0. The molecule has 0 amide bonds. The van der Waals surface area contributed by atoms with Crippen LogP contribution in [-0.2, 0) is 0 Å². The van der Waals surface area contributed by atoms with Crippen LogP contribution in [0.1, 0.15) is 78.6 Å². The normalized spacial score (nSPS) is 62.2. The van der Waals surface area contributed by atoms with E-state index in [2.05, 4.69) is 56.1 Å². The Labute approximate surface area is 176 Å². The monoisotopic (exact) mass is 385 g/mol. The lowest BCUT2D eigenvalue weighted by molar-refractivity contribution is -0.137. The average Bonchev–Trinajstić information content (AvgIpc) is 3.26. The van der Waals surface area contributed by atoms with Crippen LogP contribution in [0.15, 0.2) is 47.1 Å². The van der Waals surface area contributed by atoms with Gasteiger partial charge >= 0.3 is 0 Å². The summed E-state index contributed by atoms with van der Waals surface area (Å²) < 4.78 is 0. The van der Waals surface area contributed by atoms with E-state index in [1.54, 1.807) is 11.1 Å². The molecule has 3 aliphatic heterocycles. The van der Waals surface area contributed by atoms with E-state index in [-0.39, 0.29) is 5.54 Å². The van der Waals surface area contributed by atoms with E-state index in [0.29, 0.717) is 27.2 Å². The Kier molecular flexibility index (Phi) is 2.46. The highest BCUT2D eigenvalue weighted by Gasteiger charge is 2.84. The second-order valence-corrected chi connectivity index (χ2v) is 12.6. The summed E-state index contributed by atoms with van der Waals surface area (Å²) in [5.41, 5.74) is 7.63. The van der Waals surface area contributed by atoms with Crippen LogP contribution in [0.4, 0.5) is 0 Å². The van der Waals surface area contributed by atoms with Crippen molar-refractivity contribution in [1.82, 2.24) is 4.90 Å². The maximum absolute atomic E-state index is 3.07. The summed E-state index contributed by atoms with van der Waals surface area (Å²) in [6.07, 6.45) is 26.1. The fourth-order valence-corrected chi connectivity index (χ4v) is 11.4. The summed E-state index contributed by atoms with van der Waals surface area (Å²) in [6.45, 7) is 9.20. The molecule has 0 radical (unpaired) electrons. The van der Waals surface area contributed by atoms with Gasteiger partial charge in [0, 0.05) is 28.3 Å². The van der Waals surface area contributed by atoms with Gasteiger partial charge < -0.3 is 0 Å². The van der Waals surface area contributed by atoms with E-state index in [4.69, 9.17) is 0 Å². The number of rotatable bonds is 0. The third-order valence-corrected chi connectivity index (χ3v) is 12.7. The summed E-state index contributed by atoms with van der Waals surface area (Å²) in [4.78, 5) is 3.07. The van der Waals surface area contributed by atoms with E-state index in [1.165, 1.54) is 64.3 Å². The molecule has 6 aliphatic carbocycles. The first-order valence-electron chi connectivity index (χ1n) is 12.5. The highest BCUT2D eigenvalue weighted by Crippen LogP contribution is 2.86. The molecule has 1 heteroatoms. The van der Waals surface area contributed by atoms with Gasteiger partial charge in [0.2, 0.25) is 0 Å². The van der Waals surface area contributed by atoms with Crippen LogP contribution in [-0.4, -0.2) is 22.5 Å². The van der Waals surface area contributed by atoms with E-state index >= 15 is 0 Å². The summed E-state index contributed by atoms with van der Waals surface area (Å²) >= 11 is 0. The van der Waals surface area contributed by atoms with Crippen LogP contribution in [0.25, 0.3) is 0 Å². The van der Waals surface area contributed by atoms with Gasteiger partial charge in [0.1, 0.15) is 0 Å². The van der Waals surface area contributed by atoms with Gasteiger partial charge in [-0.15, -0.1) is 0 Å². The Balaban J connectivity index is 1.46. The third-order valence-electron chi connectivity index (χ3n) is 12.7. The lowest BCUT2D eigenvalue weighted by Crippen LogP contribution is -2.67. The first kappa shape index (κ1) is 16.6. The van der Waals surface area contributed by atoms with Crippen LogP contribution < -0.4 is 0 Å². The average molecular weight is 386 g/mol. The molecular weight excluding hydrogens is 350 g/mol. The van der Waals surface area contributed by atoms with Gasteiger partial charge in [-0.05, 0) is 75.2 Å². The molecule has 0 aromatic rings. The fraction of sp³-hybridized carbons (Fsp3) is 0.714. The highest BCUT2D eigenvalue weighted by molar-refractivity contribution is 5.61. The SMILES string of the molecule is CC1=C2CC34CCC(C)C2(CC1)C3(C)CC=C1C=CC23C=CC14N1CC12CCC3. The zero-order chi connectivity index (χ0) is 19.5. The molecule has 1 nitrogen and oxygen atoms in total. The molecule has 0 N–H and O–H groups in total. The smallest absolute Gasteiger partial charge is 0.0714 e. The van der Waals surface area contributed by atoms with Crippen molar-refractivity contribution in [2.75, 3.05) is 6.54 Å². The number of hydrogen-bond acceptors (Lipinski definition) is 1. The summed E-state index contributed by atoms with van der Waals surface area (Å²) in [5.74, 6) is 0.851. The van der Waals surface area contributed by atoms with Crippen molar-refractivity contribution >= 4 is 0 Å². The maximum Gasteiger partial charge on any atom is 0.0714 e. The minimum Gasteiger partial charge on any atom is -0.280 e. The summed E-state index contributed by atoms with van der Waals surface area (Å²) in [7, 11) is 0. The second kappa shape index (κ2) is 4.29. The maximum atomic E-state index is 3.07. The standard InChI is InChI=1S/C28H35N/c1-19-5-14-27-20(2)6-13-25(17-22(19)27)23(27,3)11-7-21-8-12-24-9-4-10-26(24)18-29(26)28(21,25)16-15-24/h7-8,12,15-16,20H,4-6,9-11,13-14,17-18H2,1-3H3. The topological polar surface area (TPSA) is 3.01 Å². The van der Waals surface area contributed by atoms with Crippen LogP contribution in [0.2, 0.25) is 0 Å². The Morgan fingerprint density at radius 2 is 1.97 bits per heavy atom. The number of allylic oxidation sites excluding steroid dienone is 3. The molecule has 29 heavy (non-hydrogen) atoms. The predicted molar refractivity (Wildman–Crippen MR) is 117 cm³/mol. The number of nitrogens with zero attached hydrogens (tertiary/aromatic N) is 1. The van der Waals surface area contributed by atoms with Crippen molar-refractivity contribution in [2.24, 2.45) is 27.6 Å². The molecule has 4 spiro atoms. The van der Waals surface area contributed by atoms with Crippen molar-refractivity contribution in [3.8, 4) is 0 Å². The minimum absolute atomic E-state index is 0.172. The summed E-state index contributed by atoms with van der Waals surface area (Å²) in [6, 6.07) is 0. The van der Waals surface area contributed by atoms with Crippen molar-refractivity contribution < 1.29 is 0 Å². The first-order valence-corrected chi connectivity index (χ1v) is 12.5.